The number of nitrogens with zero attached hydrogens (tertiary/aromatic N) is 4. The third kappa shape index (κ3) is 4.36. The van der Waals surface area contributed by atoms with Crippen molar-refractivity contribution < 1.29 is 4.74 Å². The van der Waals surface area contributed by atoms with Crippen LogP contribution in [-0.2, 0) is 6.42 Å². The molecule has 4 rings (SSSR count). The summed E-state index contributed by atoms with van der Waals surface area (Å²) < 4.78 is 5.45. The fraction of sp³-hybridized carbons (Fsp3) is 0.391. The van der Waals surface area contributed by atoms with Gasteiger partial charge in [-0.2, -0.15) is 5.26 Å². The minimum Gasteiger partial charge on any atom is -0.493 e. The van der Waals surface area contributed by atoms with Gasteiger partial charge in [-0.15, -0.1) is 0 Å². The Hall–Kier alpha value is -3.04. The average molecular weight is 390 g/mol. The van der Waals surface area contributed by atoms with Gasteiger partial charge in [-0.1, -0.05) is 0 Å². The Bertz CT molecular complexity index is 998. The van der Waals surface area contributed by atoms with Crippen LogP contribution in [0.5, 0.6) is 5.75 Å². The SMILES string of the molecule is COc1cccnc1N1CCN(CCCCc2c[nH]c3ccc(C#N)cc23)CC1. The van der Waals surface area contributed by atoms with E-state index in [9.17, 15) is 0 Å². The van der Waals surface area contributed by atoms with Gasteiger partial charge in [0, 0.05) is 49.5 Å². The Labute approximate surface area is 171 Å². The molecular formula is C23H27N5O. The summed E-state index contributed by atoms with van der Waals surface area (Å²) in [5, 5.41) is 10.3. The topological polar surface area (TPSA) is 68.2 Å². The van der Waals surface area contributed by atoms with Crippen LogP contribution in [0.2, 0.25) is 0 Å². The van der Waals surface area contributed by atoms with Gasteiger partial charge in [-0.05, 0) is 61.7 Å². The van der Waals surface area contributed by atoms with Crippen molar-refractivity contribution in [2.45, 2.75) is 19.3 Å². The number of nitrogens with one attached hydrogen (secondary N) is 1. The Balaban J connectivity index is 1.24. The zero-order valence-corrected chi connectivity index (χ0v) is 16.9. The zero-order chi connectivity index (χ0) is 20.1. The van der Waals surface area contributed by atoms with Crippen molar-refractivity contribution >= 4 is 16.7 Å². The third-order valence-electron chi connectivity index (χ3n) is 5.71. The van der Waals surface area contributed by atoms with E-state index in [2.05, 4.69) is 32.0 Å². The largest absolute Gasteiger partial charge is 0.493 e. The van der Waals surface area contributed by atoms with E-state index in [1.807, 2.05) is 36.5 Å². The van der Waals surface area contributed by atoms with Gasteiger partial charge in [0.05, 0.1) is 18.7 Å². The molecule has 6 nitrogen and oxygen atoms in total. The molecule has 150 valence electrons. The van der Waals surface area contributed by atoms with Crippen molar-refractivity contribution in [3.05, 3.63) is 53.9 Å². The lowest BCUT2D eigenvalue weighted by Crippen LogP contribution is -2.47. The fourth-order valence-corrected chi connectivity index (χ4v) is 4.07. The minimum atomic E-state index is 0.723. The number of anilines is 1. The summed E-state index contributed by atoms with van der Waals surface area (Å²) in [6, 6.07) is 12.0. The van der Waals surface area contributed by atoms with Gasteiger partial charge >= 0.3 is 0 Å². The summed E-state index contributed by atoms with van der Waals surface area (Å²) in [6.07, 6.45) is 7.29. The Morgan fingerprint density at radius 2 is 2.03 bits per heavy atom. The first-order valence-electron chi connectivity index (χ1n) is 10.2. The number of H-pyrrole nitrogens is 1. The van der Waals surface area contributed by atoms with Crippen LogP contribution in [0.15, 0.2) is 42.7 Å². The van der Waals surface area contributed by atoms with E-state index in [0.29, 0.717) is 0 Å². The molecule has 1 N–H and O–H groups in total. The standard InChI is InChI=1S/C23H27N5O/c1-29-22-6-4-9-25-23(22)28-13-11-27(12-14-28)10-3-2-5-19-17-26-21-8-7-18(16-24)15-20(19)21/h4,6-9,15,17,26H,2-3,5,10-14H2,1H3. The molecule has 0 aliphatic carbocycles. The van der Waals surface area contributed by atoms with Crippen LogP contribution in [0, 0.1) is 11.3 Å². The number of hydrogen-bond donors (Lipinski definition) is 1. The van der Waals surface area contributed by atoms with Crippen LogP contribution < -0.4 is 9.64 Å². The number of aromatic amines is 1. The number of rotatable bonds is 7. The molecule has 2 aromatic heterocycles. The molecule has 3 heterocycles. The van der Waals surface area contributed by atoms with E-state index >= 15 is 0 Å². The lowest BCUT2D eigenvalue weighted by Gasteiger charge is -2.35. The van der Waals surface area contributed by atoms with Crippen molar-refractivity contribution in [1.29, 1.82) is 5.26 Å². The molecule has 6 heteroatoms. The summed E-state index contributed by atoms with van der Waals surface area (Å²) in [5.74, 6) is 1.80. The molecule has 0 atom stereocenters. The van der Waals surface area contributed by atoms with Crippen molar-refractivity contribution in [3.63, 3.8) is 0 Å². The Morgan fingerprint density at radius 1 is 1.17 bits per heavy atom. The lowest BCUT2D eigenvalue weighted by atomic mass is 10.1. The number of methoxy groups -OCH3 is 1. The second-order valence-corrected chi connectivity index (χ2v) is 7.50. The first-order valence-corrected chi connectivity index (χ1v) is 10.2. The summed E-state index contributed by atoms with van der Waals surface area (Å²) in [5.41, 5.74) is 3.14. The van der Waals surface area contributed by atoms with Gasteiger partial charge in [-0.3, -0.25) is 4.90 Å². The zero-order valence-electron chi connectivity index (χ0n) is 16.9. The molecule has 0 saturated carbocycles. The number of pyridine rings is 1. The molecular weight excluding hydrogens is 362 g/mol. The van der Waals surface area contributed by atoms with E-state index in [4.69, 9.17) is 10.00 Å². The minimum absolute atomic E-state index is 0.723. The van der Waals surface area contributed by atoms with E-state index in [1.165, 1.54) is 17.4 Å². The van der Waals surface area contributed by atoms with E-state index in [-0.39, 0.29) is 0 Å². The van der Waals surface area contributed by atoms with Crippen molar-refractivity contribution in [2.75, 3.05) is 44.7 Å². The first kappa shape index (κ1) is 19.3. The number of benzene rings is 1. The Kier molecular flexibility index (Phi) is 5.97. The van der Waals surface area contributed by atoms with Crippen molar-refractivity contribution in [1.82, 2.24) is 14.9 Å². The molecule has 0 radical (unpaired) electrons. The number of fused-ring (bicyclic) bond motifs is 1. The van der Waals surface area contributed by atoms with Crippen LogP contribution in [0.4, 0.5) is 5.82 Å². The number of hydrogen-bond acceptors (Lipinski definition) is 5. The molecule has 1 fully saturated rings. The van der Waals surface area contributed by atoms with Crippen LogP contribution in [0.1, 0.15) is 24.0 Å². The van der Waals surface area contributed by atoms with Crippen LogP contribution >= 0.6 is 0 Å². The highest BCUT2D eigenvalue weighted by molar-refractivity contribution is 5.84. The normalized spacial score (nSPS) is 14.8. The fourth-order valence-electron chi connectivity index (χ4n) is 4.07. The van der Waals surface area contributed by atoms with Gasteiger partial charge in [0.25, 0.3) is 0 Å². The van der Waals surface area contributed by atoms with E-state index in [0.717, 1.165) is 68.2 Å². The second kappa shape index (κ2) is 8.97. The summed E-state index contributed by atoms with van der Waals surface area (Å²) in [6.45, 7) is 5.19. The van der Waals surface area contributed by atoms with Crippen LogP contribution in [0.25, 0.3) is 10.9 Å². The van der Waals surface area contributed by atoms with Gasteiger partial charge in [0.15, 0.2) is 11.6 Å². The van der Waals surface area contributed by atoms with Crippen molar-refractivity contribution in [2.24, 2.45) is 0 Å². The van der Waals surface area contributed by atoms with Gasteiger partial charge in [0.2, 0.25) is 0 Å². The summed E-state index contributed by atoms with van der Waals surface area (Å²) in [4.78, 5) is 12.7. The molecule has 0 unspecified atom stereocenters. The van der Waals surface area contributed by atoms with E-state index in [1.54, 1.807) is 7.11 Å². The molecule has 3 aromatic rings. The molecule has 0 bridgehead atoms. The van der Waals surface area contributed by atoms with Crippen LogP contribution in [-0.4, -0.2) is 54.7 Å². The number of aromatic nitrogens is 2. The average Bonchev–Trinajstić information content (AvgIpc) is 3.19. The molecule has 1 aromatic carbocycles. The van der Waals surface area contributed by atoms with Crippen molar-refractivity contribution in [3.8, 4) is 11.8 Å². The molecule has 29 heavy (non-hydrogen) atoms. The molecule has 0 spiro atoms. The highest BCUT2D eigenvalue weighted by Crippen LogP contribution is 2.26. The quantitative estimate of drug-likeness (QED) is 0.626. The summed E-state index contributed by atoms with van der Waals surface area (Å²) >= 11 is 0. The summed E-state index contributed by atoms with van der Waals surface area (Å²) in [7, 11) is 1.70. The predicted octanol–water partition coefficient (Wildman–Crippen LogP) is 3.59. The third-order valence-corrected chi connectivity index (χ3v) is 5.71. The van der Waals surface area contributed by atoms with Crippen LogP contribution in [0.3, 0.4) is 0 Å². The Morgan fingerprint density at radius 3 is 2.83 bits per heavy atom. The number of unbranched alkanes of at least 4 members (excludes halogenated alkanes) is 1. The number of piperazine rings is 1. The first-order chi connectivity index (χ1) is 14.3. The highest BCUT2D eigenvalue weighted by atomic mass is 16.5. The predicted molar refractivity (Wildman–Crippen MR) is 115 cm³/mol. The lowest BCUT2D eigenvalue weighted by molar-refractivity contribution is 0.251. The van der Waals surface area contributed by atoms with Gasteiger partial charge < -0.3 is 14.6 Å². The number of nitriles is 1. The van der Waals surface area contributed by atoms with Gasteiger partial charge in [0.1, 0.15) is 0 Å². The maximum absolute atomic E-state index is 9.12. The number of ether oxygens (including phenoxy) is 1. The van der Waals surface area contributed by atoms with Gasteiger partial charge in [-0.25, -0.2) is 4.98 Å². The maximum atomic E-state index is 9.12. The second-order valence-electron chi connectivity index (χ2n) is 7.50. The number of aryl methyl sites for hydroxylation is 1. The molecule has 1 aliphatic heterocycles. The highest BCUT2D eigenvalue weighted by Gasteiger charge is 2.20. The monoisotopic (exact) mass is 389 g/mol. The molecule has 1 aliphatic rings. The molecule has 0 amide bonds. The van der Waals surface area contributed by atoms with E-state index < -0.39 is 0 Å². The smallest absolute Gasteiger partial charge is 0.171 e. The molecule has 1 saturated heterocycles. The maximum Gasteiger partial charge on any atom is 0.171 e.